The number of hydrogen-bond donors (Lipinski definition) is 0. The molecule has 0 amide bonds. The van der Waals surface area contributed by atoms with Gasteiger partial charge in [0.05, 0.1) is 0 Å². The van der Waals surface area contributed by atoms with Gasteiger partial charge >= 0.3 is 156 Å². The summed E-state index contributed by atoms with van der Waals surface area (Å²) in [6.45, 7) is 6.85. The standard InChI is InChI=1S/C14H13O.2C4H9.Sn/c1-14(15,12-8-4-2-5-9-12)13-10-6-3-7-11-13;2*1-3-4-2;/h2-11H,1H3;2*1,3-4H2,2H3;/q-1;;;+1. The van der Waals surface area contributed by atoms with Crippen LogP contribution in [0.5, 0.6) is 0 Å². The summed E-state index contributed by atoms with van der Waals surface area (Å²) < 4.78 is 9.69. The third-order valence-corrected chi connectivity index (χ3v) is 11.8. The number of unbranched alkanes of at least 4 members (excludes halogenated alkanes) is 2. The number of benzene rings is 2. The van der Waals surface area contributed by atoms with E-state index in [0.717, 1.165) is 0 Å². The monoisotopic (exact) mass is 431 g/mol. The minimum absolute atomic E-state index is 0.307. The Kier molecular flexibility index (Phi) is 8.34. The molecule has 2 aromatic carbocycles. The molecule has 0 atom stereocenters. The first-order valence-electron chi connectivity index (χ1n) is 9.35. The molecule has 0 aliphatic carbocycles. The van der Waals surface area contributed by atoms with Gasteiger partial charge in [0.2, 0.25) is 0 Å². The summed E-state index contributed by atoms with van der Waals surface area (Å²) in [6.07, 6.45) is 5.18. The molecule has 2 heteroatoms. The van der Waals surface area contributed by atoms with Crippen LogP contribution in [-0.2, 0) is 8.68 Å². The molecule has 0 spiro atoms. The quantitative estimate of drug-likeness (QED) is 0.388. The second-order valence-corrected chi connectivity index (χ2v) is 13.1. The first-order chi connectivity index (χ1) is 11.7. The Morgan fingerprint density at radius 1 is 0.750 bits per heavy atom. The fourth-order valence-electron chi connectivity index (χ4n) is 3.06. The molecule has 0 saturated heterocycles. The molecule has 1 radical (unpaired) electrons. The predicted octanol–water partition coefficient (Wildman–Crippen LogP) is 6.56. The van der Waals surface area contributed by atoms with Gasteiger partial charge in [0.1, 0.15) is 0 Å². The zero-order chi connectivity index (χ0) is 17.3. The van der Waals surface area contributed by atoms with Gasteiger partial charge in [0.25, 0.3) is 0 Å². The van der Waals surface area contributed by atoms with Crippen molar-refractivity contribution < 1.29 is 3.07 Å². The Bertz CT molecular complexity index is 520. The minimum atomic E-state index is -1.88. The molecule has 2 rings (SSSR count). The van der Waals surface area contributed by atoms with Crippen molar-refractivity contribution in [1.82, 2.24) is 0 Å². The third-order valence-electron chi connectivity index (χ3n) is 4.62. The summed E-state index contributed by atoms with van der Waals surface area (Å²) in [6, 6.07) is 21.5. The average molecular weight is 430 g/mol. The Morgan fingerprint density at radius 2 is 1.17 bits per heavy atom. The van der Waals surface area contributed by atoms with Crippen LogP contribution >= 0.6 is 0 Å². The van der Waals surface area contributed by atoms with Crippen molar-refractivity contribution in [3.63, 3.8) is 0 Å². The molecular formula is C22H31OSn. The van der Waals surface area contributed by atoms with Gasteiger partial charge in [-0.1, -0.05) is 0 Å². The fraction of sp³-hybridized carbons (Fsp3) is 0.455. The molecular weight excluding hydrogens is 399 g/mol. The SMILES string of the molecule is CCC[CH2][Sn]([CH2]CCC)[O]C(C)(c1ccccc1)c1ccccc1. The van der Waals surface area contributed by atoms with Crippen molar-refractivity contribution in [2.24, 2.45) is 0 Å². The van der Waals surface area contributed by atoms with Crippen LogP contribution in [0.1, 0.15) is 57.6 Å². The summed E-state index contributed by atoms with van der Waals surface area (Å²) in [5.74, 6) is 0. The van der Waals surface area contributed by atoms with Gasteiger partial charge in [0.15, 0.2) is 0 Å². The molecule has 129 valence electrons. The fourth-order valence-corrected chi connectivity index (χ4v) is 10.9. The van der Waals surface area contributed by atoms with Crippen molar-refractivity contribution >= 4 is 20.2 Å². The van der Waals surface area contributed by atoms with Crippen LogP contribution in [0.15, 0.2) is 60.7 Å². The van der Waals surface area contributed by atoms with E-state index in [9.17, 15) is 0 Å². The molecule has 1 nitrogen and oxygen atoms in total. The van der Waals surface area contributed by atoms with E-state index < -0.39 is 20.2 Å². The molecule has 2 aromatic rings. The molecule has 0 aliphatic heterocycles. The van der Waals surface area contributed by atoms with Crippen molar-refractivity contribution in [3.05, 3.63) is 71.8 Å². The van der Waals surface area contributed by atoms with E-state index in [4.69, 9.17) is 3.07 Å². The van der Waals surface area contributed by atoms with Crippen molar-refractivity contribution in [3.8, 4) is 0 Å². The normalized spacial score (nSPS) is 11.8. The van der Waals surface area contributed by atoms with E-state index >= 15 is 0 Å². The van der Waals surface area contributed by atoms with Crippen LogP contribution in [0.2, 0.25) is 8.87 Å². The van der Waals surface area contributed by atoms with Gasteiger partial charge in [0, 0.05) is 0 Å². The van der Waals surface area contributed by atoms with Crippen LogP contribution in [0, 0.1) is 0 Å². The van der Waals surface area contributed by atoms with Gasteiger partial charge in [-0.15, -0.1) is 0 Å². The van der Waals surface area contributed by atoms with E-state index in [2.05, 4.69) is 81.4 Å². The van der Waals surface area contributed by atoms with Crippen LogP contribution in [0.3, 0.4) is 0 Å². The molecule has 0 unspecified atom stereocenters. The van der Waals surface area contributed by atoms with E-state index in [0.29, 0.717) is 0 Å². The third kappa shape index (κ3) is 5.35. The second-order valence-electron chi connectivity index (χ2n) is 6.61. The first-order valence-corrected chi connectivity index (χ1v) is 14.6. The van der Waals surface area contributed by atoms with E-state index in [1.54, 1.807) is 0 Å². The molecule has 0 fully saturated rings. The first kappa shape index (κ1) is 19.5. The number of hydrogen-bond acceptors (Lipinski definition) is 1. The van der Waals surface area contributed by atoms with Gasteiger partial charge < -0.3 is 0 Å². The van der Waals surface area contributed by atoms with Crippen molar-refractivity contribution in [1.29, 1.82) is 0 Å². The zero-order valence-electron chi connectivity index (χ0n) is 15.4. The molecule has 0 N–H and O–H groups in total. The van der Waals surface area contributed by atoms with Crippen molar-refractivity contribution in [2.75, 3.05) is 0 Å². The molecule has 0 aromatic heterocycles. The van der Waals surface area contributed by atoms with E-state index in [-0.39, 0.29) is 5.60 Å². The molecule has 0 bridgehead atoms. The molecule has 0 heterocycles. The van der Waals surface area contributed by atoms with Crippen LogP contribution in [-0.4, -0.2) is 20.2 Å². The van der Waals surface area contributed by atoms with E-state index in [1.165, 1.54) is 45.7 Å². The Labute approximate surface area is 155 Å². The summed E-state index contributed by atoms with van der Waals surface area (Å²) >= 11 is -1.88. The topological polar surface area (TPSA) is 9.23 Å². The molecule has 24 heavy (non-hydrogen) atoms. The predicted molar refractivity (Wildman–Crippen MR) is 106 cm³/mol. The molecule has 0 aliphatic rings. The van der Waals surface area contributed by atoms with Crippen LogP contribution < -0.4 is 0 Å². The van der Waals surface area contributed by atoms with Gasteiger partial charge in [-0.3, -0.25) is 0 Å². The van der Waals surface area contributed by atoms with Crippen LogP contribution in [0.4, 0.5) is 0 Å². The Morgan fingerprint density at radius 3 is 1.54 bits per heavy atom. The molecule has 0 saturated carbocycles. The van der Waals surface area contributed by atoms with E-state index in [1.807, 2.05) is 0 Å². The summed E-state index contributed by atoms with van der Waals surface area (Å²) in [5.41, 5.74) is 2.25. The summed E-state index contributed by atoms with van der Waals surface area (Å²) in [7, 11) is 0. The summed E-state index contributed by atoms with van der Waals surface area (Å²) in [5, 5.41) is 0. The Balaban J connectivity index is 2.31. The van der Waals surface area contributed by atoms with Crippen molar-refractivity contribution in [2.45, 2.75) is 60.9 Å². The van der Waals surface area contributed by atoms with Crippen LogP contribution in [0.25, 0.3) is 0 Å². The van der Waals surface area contributed by atoms with Gasteiger partial charge in [-0.05, 0) is 0 Å². The number of rotatable bonds is 10. The van der Waals surface area contributed by atoms with Gasteiger partial charge in [-0.2, -0.15) is 0 Å². The zero-order valence-corrected chi connectivity index (χ0v) is 18.3. The Hall–Kier alpha value is -0.801. The average Bonchev–Trinajstić information content (AvgIpc) is 2.65. The maximum atomic E-state index is 7.01. The summed E-state index contributed by atoms with van der Waals surface area (Å²) in [4.78, 5) is 0. The maximum absolute atomic E-state index is 7.01. The second kappa shape index (κ2) is 10.2. The van der Waals surface area contributed by atoms with Gasteiger partial charge in [-0.25, -0.2) is 0 Å².